The number of rotatable bonds is 2. The number of aromatic nitrogens is 4. The first kappa shape index (κ1) is 11.2. The highest BCUT2D eigenvalue weighted by Crippen LogP contribution is 2.37. The molecular formula is C14H13N5O. The Labute approximate surface area is 114 Å². The van der Waals surface area contributed by atoms with E-state index in [4.69, 9.17) is 5.73 Å². The first-order chi connectivity index (χ1) is 9.70. The molecule has 0 unspecified atom stereocenters. The quantitative estimate of drug-likeness (QED) is 0.690. The van der Waals surface area contributed by atoms with Crippen LogP contribution in [0.4, 0.5) is 5.69 Å². The smallest absolute Gasteiger partial charge is 0.253 e. The van der Waals surface area contributed by atoms with Crippen molar-refractivity contribution in [3.8, 4) is 5.82 Å². The summed E-state index contributed by atoms with van der Waals surface area (Å²) in [7, 11) is 0. The molecule has 1 aliphatic rings. The second-order valence-corrected chi connectivity index (χ2v) is 5.14. The zero-order valence-electron chi connectivity index (χ0n) is 10.7. The van der Waals surface area contributed by atoms with E-state index in [1.165, 1.54) is 6.07 Å². The summed E-state index contributed by atoms with van der Waals surface area (Å²) in [6.45, 7) is 0. The summed E-state index contributed by atoms with van der Waals surface area (Å²) in [5.74, 6) is 1.67. The number of benzene rings is 1. The number of hydrogen-bond donors (Lipinski definition) is 2. The fourth-order valence-electron chi connectivity index (χ4n) is 2.34. The van der Waals surface area contributed by atoms with Gasteiger partial charge in [0.25, 0.3) is 5.56 Å². The third kappa shape index (κ3) is 1.77. The number of fused-ring (bicyclic) bond motifs is 1. The molecule has 1 aromatic carbocycles. The van der Waals surface area contributed by atoms with Crippen LogP contribution in [0.15, 0.2) is 35.3 Å². The van der Waals surface area contributed by atoms with E-state index in [9.17, 15) is 4.79 Å². The summed E-state index contributed by atoms with van der Waals surface area (Å²) < 4.78 is 1.66. The van der Waals surface area contributed by atoms with Crippen LogP contribution in [-0.2, 0) is 0 Å². The third-order valence-electron chi connectivity index (χ3n) is 3.52. The molecule has 0 saturated heterocycles. The van der Waals surface area contributed by atoms with Crippen LogP contribution in [0.25, 0.3) is 16.7 Å². The van der Waals surface area contributed by atoms with Crippen molar-refractivity contribution < 1.29 is 0 Å². The summed E-state index contributed by atoms with van der Waals surface area (Å²) in [4.78, 5) is 19.1. The van der Waals surface area contributed by atoms with Crippen molar-refractivity contribution in [2.45, 2.75) is 18.8 Å². The molecule has 0 aliphatic heterocycles. The topological polar surface area (TPSA) is 89.6 Å². The minimum absolute atomic E-state index is 0.149. The van der Waals surface area contributed by atoms with E-state index in [0.717, 1.165) is 29.6 Å². The van der Waals surface area contributed by atoms with E-state index in [2.05, 4.69) is 15.1 Å². The molecule has 0 bridgehead atoms. The van der Waals surface area contributed by atoms with Gasteiger partial charge in [0.1, 0.15) is 5.82 Å². The number of nitrogens with two attached hydrogens (primary N) is 1. The molecule has 2 aromatic heterocycles. The van der Waals surface area contributed by atoms with Crippen LogP contribution in [0, 0.1) is 0 Å². The van der Waals surface area contributed by atoms with E-state index in [1.54, 1.807) is 10.9 Å². The minimum atomic E-state index is -0.149. The van der Waals surface area contributed by atoms with Crippen LogP contribution < -0.4 is 11.3 Å². The zero-order chi connectivity index (χ0) is 13.7. The standard InChI is InChI=1S/C14H13N5O/c15-10-4-3-9-7-16-19(11(9)5-10)12-6-13(20)18-14(17-12)8-1-2-8/h3-8H,1-2,15H2,(H,17,18,20). The molecule has 0 atom stereocenters. The maximum Gasteiger partial charge on any atom is 0.253 e. The van der Waals surface area contributed by atoms with Crippen LogP contribution in [0.5, 0.6) is 0 Å². The molecule has 1 saturated carbocycles. The van der Waals surface area contributed by atoms with E-state index in [1.807, 2.05) is 18.2 Å². The van der Waals surface area contributed by atoms with Gasteiger partial charge in [0, 0.05) is 23.1 Å². The van der Waals surface area contributed by atoms with Gasteiger partial charge in [-0.2, -0.15) is 5.10 Å². The molecule has 6 nitrogen and oxygen atoms in total. The van der Waals surface area contributed by atoms with Crippen LogP contribution in [0.1, 0.15) is 24.6 Å². The molecule has 3 N–H and O–H groups in total. The monoisotopic (exact) mass is 267 g/mol. The summed E-state index contributed by atoms with van der Waals surface area (Å²) in [6, 6.07) is 7.03. The highest BCUT2D eigenvalue weighted by Gasteiger charge is 2.26. The van der Waals surface area contributed by atoms with Gasteiger partial charge in [-0.3, -0.25) is 4.79 Å². The third-order valence-corrected chi connectivity index (χ3v) is 3.52. The second kappa shape index (κ2) is 3.93. The van der Waals surface area contributed by atoms with Crippen LogP contribution >= 0.6 is 0 Å². The SMILES string of the molecule is Nc1ccc2cnn(-c3cc(=O)[nH]c(C4CC4)n3)c2c1. The zero-order valence-corrected chi connectivity index (χ0v) is 10.7. The van der Waals surface area contributed by atoms with Gasteiger partial charge in [-0.05, 0) is 31.0 Å². The molecule has 0 amide bonds. The average Bonchev–Trinajstić information content (AvgIpc) is 3.19. The van der Waals surface area contributed by atoms with Crippen molar-refractivity contribution in [3.05, 3.63) is 46.6 Å². The fraction of sp³-hybridized carbons (Fsp3) is 0.214. The summed E-state index contributed by atoms with van der Waals surface area (Å²) in [5.41, 5.74) is 7.18. The number of H-pyrrole nitrogens is 1. The largest absolute Gasteiger partial charge is 0.399 e. The van der Waals surface area contributed by atoms with Crippen molar-refractivity contribution in [2.24, 2.45) is 0 Å². The van der Waals surface area contributed by atoms with Gasteiger partial charge in [-0.15, -0.1) is 0 Å². The van der Waals surface area contributed by atoms with Crippen molar-refractivity contribution >= 4 is 16.6 Å². The predicted octanol–water partition coefficient (Wildman–Crippen LogP) is 1.57. The predicted molar refractivity (Wildman–Crippen MR) is 75.9 cm³/mol. The maximum absolute atomic E-state index is 11.8. The Hall–Kier alpha value is -2.63. The van der Waals surface area contributed by atoms with Crippen LogP contribution in [0.2, 0.25) is 0 Å². The van der Waals surface area contributed by atoms with E-state index in [-0.39, 0.29) is 5.56 Å². The normalized spacial score (nSPS) is 14.8. The molecule has 20 heavy (non-hydrogen) atoms. The maximum atomic E-state index is 11.8. The highest BCUT2D eigenvalue weighted by molar-refractivity contribution is 5.83. The number of nitrogens with zero attached hydrogens (tertiary/aromatic N) is 3. The molecule has 6 heteroatoms. The van der Waals surface area contributed by atoms with Gasteiger partial charge in [-0.1, -0.05) is 0 Å². The Morgan fingerprint density at radius 3 is 2.95 bits per heavy atom. The molecule has 3 aromatic rings. The van der Waals surface area contributed by atoms with Gasteiger partial charge < -0.3 is 10.7 Å². The van der Waals surface area contributed by atoms with Crippen molar-refractivity contribution in [1.82, 2.24) is 19.7 Å². The van der Waals surface area contributed by atoms with E-state index < -0.39 is 0 Å². The fourth-order valence-corrected chi connectivity index (χ4v) is 2.34. The Morgan fingerprint density at radius 1 is 1.30 bits per heavy atom. The second-order valence-electron chi connectivity index (χ2n) is 5.14. The molecule has 1 fully saturated rings. The van der Waals surface area contributed by atoms with Gasteiger partial charge >= 0.3 is 0 Å². The van der Waals surface area contributed by atoms with Crippen molar-refractivity contribution in [1.29, 1.82) is 0 Å². The average molecular weight is 267 g/mol. The lowest BCUT2D eigenvalue weighted by Crippen LogP contribution is -2.14. The lowest BCUT2D eigenvalue weighted by atomic mass is 10.2. The van der Waals surface area contributed by atoms with Crippen LogP contribution in [0.3, 0.4) is 0 Å². The number of nitrogens with one attached hydrogen (secondary N) is 1. The molecule has 1 aliphatic carbocycles. The molecule has 2 heterocycles. The molecule has 4 rings (SSSR count). The number of aromatic amines is 1. The Bertz CT molecular complexity index is 859. The van der Waals surface area contributed by atoms with E-state index >= 15 is 0 Å². The number of anilines is 1. The van der Waals surface area contributed by atoms with Crippen molar-refractivity contribution in [3.63, 3.8) is 0 Å². The van der Waals surface area contributed by atoms with Crippen LogP contribution in [-0.4, -0.2) is 19.7 Å². The van der Waals surface area contributed by atoms with Gasteiger partial charge in [-0.25, -0.2) is 9.67 Å². The Balaban J connectivity index is 1.94. The summed E-state index contributed by atoms with van der Waals surface area (Å²) in [6.07, 6.45) is 3.91. The summed E-state index contributed by atoms with van der Waals surface area (Å²) >= 11 is 0. The molecular weight excluding hydrogens is 254 g/mol. The highest BCUT2D eigenvalue weighted by atomic mass is 16.1. The minimum Gasteiger partial charge on any atom is -0.399 e. The van der Waals surface area contributed by atoms with E-state index in [0.29, 0.717) is 17.4 Å². The molecule has 0 radical (unpaired) electrons. The lowest BCUT2D eigenvalue weighted by Gasteiger charge is -2.05. The van der Waals surface area contributed by atoms with Gasteiger partial charge in [0.05, 0.1) is 11.7 Å². The van der Waals surface area contributed by atoms with Crippen molar-refractivity contribution in [2.75, 3.05) is 5.73 Å². The molecule has 0 spiro atoms. The number of nitrogen functional groups attached to an aromatic ring is 1. The first-order valence-electron chi connectivity index (χ1n) is 6.55. The Kier molecular flexibility index (Phi) is 2.20. The summed E-state index contributed by atoms with van der Waals surface area (Å²) in [5, 5.41) is 5.28. The van der Waals surface area contributed by atoms with Gasteiger partial charge in [0.15, 0.2) is 5.82 Å². The lowest BCUT2D eigenvalue weighted by molar-refractivity contribution is 0.819. The van der Waals surface area contributed by atoms with Gasteiger partial charge in [0.2, 0.25) is 0 Å². The first-order valence-corrected chi connectivity index (χ1v) is 6.55. The molecule has 100 valence electrons. The number of hydrogen-bond acceptors (Lipinski definition) is 4. The Morgan fingerprint density at radius 2 is 2.15 bits per heavy atom.